The summed E-state index contributed by atoms with van der Waals surface area (Å²) in [5, 5.41) is 7.20. The molecule has 7 heteroatoms. The maximum atomic E-state index is 5.16. The van der Waals surface area contributed by atoms with Gasteiger partial charge in [0.2, 0.25) is 0 Å². The minimum absolute atomic E-state index is 0.539. The Balaban J connectivity index is 1.59. The third kappa shape index (κ3) is 5.23. The fraction of sp³-hybridized carbons (Fsp3) is 0.387. The van der Waals surface area contributed by atoms with Crippen molar-refractivity contribution in [1.29, 1.82) is 0 Å². The van der Waals surface area contributed by atoms with Gasteiger partial charge in [-0.15, -0.1) is 0 Å². The molecule has 0 aliphatic carbocycles. The van der Waals surface area contributed by atoms with Crippen molar-refractivity contribution in [2.75, 3.05) is 25.0 Å². The molecule has 1 aliphatic rings. The second-order valence-corrected chi connectivity index (χ2v) is 10.3. The molecule has 0 radical (unpaired) electrons. The van der Waals surface area contributed by atoms with Crippen molar-refractivity contribution in [3.8, 4) is 22.6 Å². The monoisotopic (exact) mass is 509 g/mol. The highest BCUT2D eigenvalue weighted by Gasteiger charge is 2.22. The molecular weight excluding hydrogens is 470 g/mol. The van der Waals surface area contributed by atoms with Crippen LogP contribution in [0.25, 0.3) is 33.7 Å². The van der Waals surface area contributed by atoms with Gasteiger partial charge in [0.15, 0.2) is 0 Å². The van der Waals surface area contributed by atoms with Gasteiger partial charge in [-0.2, -0.15) is 5.10 Å². The quantitative estimate of drug-likeness (QED) is 0.255. The molecule has 1 atom stereocenters. The molecular formula is C31H39N7. The first-order valence-electron chi connectivity index (χ1n) is 13.8. The summed E-state index contributed by atoms with van der Waals surface area (Å²) >= 11 is 0. The number of nitrogens with zero attached hydrogens (tertiary/aromatic N) is 6. The van der Waals surface area contributed by atoms with Gasteiger partial charge in [-0.25, -0.2) is 9.97 Å². The molecule has 3 aromatic heterocycles. The molecule has 38 heavy (non-hydrogen) atoms. The summed E-state index contributed by atoms with van der Waals surface area (Å²) in [6.07, 6.45) is 11.7. The number of benzene rings is 1. The minimum Gasteiger partial charge on any atom is -0.381 e. The van der Waals surface area contributed by atoms with E-state index in [0.717, 1.165) is 65.6 Å². The zero-order chi connectivity index (χ0) is 26.6. The molecule has 0 spiro atoms. The van der Waals surface area contributed by atoms with Gasteiger partial charge in [0.1, 0.15) is 11.6 Å². The first kappa shape index (κ1) is 25.8. The third-order valence-electron chi connectivity index (χ3n) is 7.85. The Morgan fingerprint density at radius 3 is 2.66 bits per heavy atom. The van der Waals surface area contributed by atoms with Crippen molar-refractivity contribution < 1.29 is 0 Å². The van der Waals surface area contributed by atoms with Crippen LogP contribution >= 0.6 is 0 Å². The number of nitrogens with one attached hydrogen (secondary N) is 1. The lowest BCUT2D eigenvalue weighted by Crippen LogP contribution is -2.26. The van der Waals surface area contributed by atoms with E-state index in [4.69, 9.17) is 9.97 Å². The molecule has 1 fully saturated rings. The number of anilines is 1. The number of aromatic amines is 1. The molecule has 0 saturated carbocycles. The van der Waals surface area contributed by atoms with Crippen LogP contribution in [0.3, 0.4) is 0 Å². The molecule has 198 valence electrons. The molecule has 0 bridgehead atoms. The van der Waals surface area contributed by atoms with Crippen LogP contribution < -0.4 is 4.90 Å². The molecule has 1 aliphatic heterocycles. The summed E-state index contributed by atoms with van der Waals surface area (Å²) in [4.78, 5) is 14.7. The van der Waals surface area contributed by atoms with E-state index in [1.165, 1.54) is 24.0 Å². The summed E-state index contributed by atoms with van der Waals surface area (Å²) in [6.45, 7) is 11.7. The van der Waals surface area contributed by atoms with Gasteiger partial charge in [0, 0.05) is 56.2 Å². The standard InChI is InChI=1S/C31H39N7/c1-6-22(3)26(15-18-36(5)7-2)21-38-29-12-10-24(27-14-16-33-35-27)19-28(29)34-31(38)25-11-13-30(32-20-25)37-17-8-9-23(37)4/h10-16,18-20,23H,6-9,17,21H2,1-5H3,(H,33,35)/b18-15-,26-22-. The highest BCUT2D eigenvalue weighted by atomic mass is 15.2. The molecule has 4 heterocycles. The molecule has 7 nitrogen and oxygen atoms in total. The highest BCUT2D eigenvalue weighted by molar-refractivity contribution is 5.85. The SMILES string of the molecule is CC/C(C)=C(/C=C\N(C)CC)Cn1c(-c2ccc(N3CCCC3C)nc2)nc2cc(-c3ccn[nH]3)ccc21. The van der Waals surface area contributed by atoms with E-state index in [0.29, 0.717) is 6.04 Å². The number of hydrogen-bond donors (Lipinski definition) is 1. The van der Waals surface area contributed by atoms with Crippen LogP contribution in [0.1, 0.15) is 47.0 Å². The topological polar surface area (TPSA) is 65.9 Å². The van der Waals surface area contributed by atoms with Crippen LogP contribution in [0.15, 0.2) is 72.2 Å². The predicted octanol–water partition coefficient (Wildman–Crippen LogP) is 6.67. The van der Waals surface area contributed by atoms with E-state index >= 15 is 0 Å². The summed E-state index contributed by atoms with van der Waals surface area (Å²) in [5.74, 6) is 1.99. The summed E-state index contributed by atoms with van der Waals surface area (Å²) in [7, 11) is 2.11. The number of rotatable bonds is 9. The van der Waals surface area contributed by atoms with Gasteiger partial charge < -0.3 is 14.4 Å². The first-order chi connectivity index (χ1) is 18.5. The zero-order valence-corrected chi connectivity index (χ0v) is 23.3. The molecule has 5 rings (SSSR count). The number of imidazole rings is 1. The normalized spacial score (nSPS) is 16.6. The molecule has 1 N–H and O–H groups in total. The first-order valence-corrected chi connectivity index (χ1v) is 13.8. The number of allylic oxidation sites excluding steroid dienone is 3. The number of pyridine rings is 1. The molecule has 0 amide bonds. The lowest BCUT2D eigenvalue weighted by molar-refractivity contribution is 0.483. The predicted molar refractivity (Wildman–Crippen MR) is 157 cm³/mol. The Labute approximate surface area is 225 Å². The van der Waals surface area contributed by atoms with E-state index in [-0.39, 0.29) is 0 Å². The van der Waals surface area contributed by atoms with Crippen LogP contribution in [0.2, 0.25) is 0 Å². The number of hydrogen-bond acceptors (Lipinski definition) is 5. The maximum Gasteiger partial charge on any atom is 0.143 e. The van der Waals surface area contributed by atoms with Crippen molar-refractivity contribution in [2.24, 2.45) is 0 Å². The Morgan fingerprint density at radius 1 is 1.16 bits per heavy atom. The average Bonchev–Trinajstić information content (AvgIpc) is 3.70. The van der Waals surface area contributed by atoms with E-state index in [1.807, 2.05) is 12.3 Å². The number of aromatic nitrogens is 5. The van der Waals surface area contributed by atoms with E-state index in [1.54, 1.807) is 6.20 Å². The number of fused-ring (bicyclic) bond motifs is 1. The number of H-pyrrole nitrogens is 1. The van der Waals surface area contributed by atoms with Crippen molar-refractivity contribution in [3.63, 3.8) is 0 Å². The van der Waals surface area contributed by atoms with Crippen LogP contribution in [-0.4, -0.2) is 55.8 Å². The Morgan fingerprint density at radius 2 is 2.00 bits per heavy atom. The Hall–Kier alpha value is -3.87. The van der Waals surface area contributed by atoms with Crippen LogP contribution in [0, 0.1) is 0 Å². The van der Waals surface area contributed by atoms with E-state index in [9.17, 15) is 0 Å². The van der Waals surface area contributed by atoms with Crippen molar-refractivity contribution in [2.45, 2.75) is 59.5 Å². The van der Waals surface area contributed by atoms with Crippen molar-refractivity contribution in [1.82, 2.24) is 29.6 Å². The molecule has 1 aromatic carbocycles. The fourth-order valence-corrected chi connectivity index (χ4v) is 5.11. The second kappa shape index (κ2) is 11.3. The largest absolute Gasteiger partial charge is 0.381 e. The van der Waals surface area contributed by atoms with Crippen molar-refractivity contribution >= 4 is 16.9 Å². The van der Waals surface area contributed by atoms with E-state index < -0.39 is 0 Å². The third-order valence-corrected chi connectivity index (χ3v) is 7.85. The molecule has 1 unspecified atom stereocenters. The molecule has 1 saturated heterocycles. The van der Waals surface area contributed by atoms with Gasteiger partial charge in [-0.05, 0) is 88.2 Å². The van der Waals surface area contributed by atoms with Crippen LogP contribution in [0.4, 0.5) is 5.82 Å². The van der Waals surface area contributed by atoms with Gasteiger partial charge in [-0.1, -0.05) is 18.6 Å². The van der Waals surface area contributed by atoms with Gasteiger partial charge in [0.05, 0.1) is 16.7 Å². The fourth-order valence-electron chi connectivity index (χ4n) is 5.11. The zero-order valence-electron chi connectivity index (χ0n) is 23.3. The minimum atomic E-state index is 0.539. The van der Waals surface area contributed by atoms with Crippen molar-refractivity contribution in [3.05, 3.63) is 72.2 Å². The Kier molecular flexibility index (Phi) is 7.63. The molecule has 4 aromatic rings. The smallest absolute Gasteiger partial charge is 0.143 e. The van der Waals surface area contributed by atoms with Crippen LogP contribution in [-0.2, 0) is 6.54 Å². The average molecular weight is 510 g/mol. The summed E-state index contributed by atoms with van der Waals surface area (Å²) in [5.41, 5.74) is 7.86. The van der Waals surface area contributed by atoms with Gasteiger partial charge in [0.25, 0.3) is 0 Å². The Bertz CT molecular complexity index is 1430. The van der Waals surface area contributed by atoms with Crippen LogP contribution in [0.5, 0.6) is 0 Å². The van der Waals surface area contributed by atoms with E-state index in [2.05, 4.69) is 102 Å². The van der Waals surface area contributed by atoms with Gasteiger partial charge in [-0.3, -0.25) is 5.10 Å². The maximum absolute atomic E-state index is 5.16. The lowest BCUT2D eigenvalue weighted by Gasteiger charge is -2.22. The lowest BCUT2D eigenvalue weighted by atomic mass is 10.1. The highest BCUT2D eigenvalue weighted by Crippen LogP contribution is 2.31. The van der Waals surface area contributed by atoms with Gasteiger partial charge >= 0.3 is 0 Å². The summed E-state index contributed by atoms with van der Waals surface area (Å²) in [6, 6.07) is 13.3. The second-order valence-electron chi connectivity index (χ2n) is 10.3. The summed E-state index contributed by atoms with van der Waals surface area (Å²) < 4.78 is 2.34.